The maximum Gasteiger partial charge on any atom is 0.355 e. The predicted molar refractivity (Wildman–Crippen MR) is 61.8 cm³/mol. The van der Waals surface area contributed by atoms with Crippen molar-refractivity contribution in [3.05, 3.63) is 59.7 Å². The van der Waals surface area contributed by atoms with Crippen LogP contribution in [-0.2, 0) is 4.74 Å². The van der Waals surface area contributed by atoms with Crippen molar-refractivity contribution in [2.75, 3.05) is 6.61 Å². The molecule has 0 fully saturated rings. The quantitative estimate of drug-likeness (QED) is 0.665. The number of esters is 1. The van der Waals surface area contributed by atoms with Crippen LogP contribution < -0.4 is 0 Å². The molecule has 1 N–H and O–H groups in total. The number of Topliss-reactive ketones (excluding diaryl/α,β-unsaturated/α-hetero) is 1. The highest BCUT2D eigenvalue weighted by Crippen LogP contribution is 2.08. The summed E-state index contributed by atoms with van der Waals surface area (Å²) in [5.41, 5.74) is 0.160. The number of nitrogens with one attached hydrogen (secondary N) is 1. The van der Waals surface area contributed by atoms with E-state index in [2.05, 4.69) is 4.98 Å². The highest BCUT2D eigenvalue weighted by atomic mass is 19.1. The summed E-state index contributed by atoms with van der Waals surface area (Å²) < 4.78 is 18.0. The molecule has 4 nitrogen and oxygen atoms in total. The number of hydrogen-bond donors (Lipinski definition) is 1. The number of carbonyl (C=O) groups excluding carboxylic acids is 2. The number of aromatic amines is 1. The van der Waals surface area contributed by atoms with Crippen molar-refractivity contribution < 1.29 is 18.7 Å². The van der Waals surface area contributed by atoms with Gasteiger partial charge in [-0.3, -0.25) is 4.79 Å². The van der Waals surface area contributed by atoms with Crippen LogP contribution in [0.25, 0.3) is 0 Å². The Kier molecular flexibility index (Phi) is 3.52. The molecule has 0 aliphatic heterocycles. The highest BCUT2D eigenvalue weighted by molar-refractivity contribution is 5.99. The Morgan fingerprint density at radius 3 is 2.61 bits per heavy atom. The molecule has 0 amide bonds. The zero-order chi connectivity index (χ0) is 13.0. The molecule has 0 bridgehead atoms. The molecule has 0 aliphatic carbocycles. The summed E-state index contributed by atoms with van der Waals surface area (Å²) in [6, 6.07) is 8.71. The zero-order valence-electron chi connectivity index (χ0n) is 9.35. The van der Waals surface area contributed by atoms with Crippen molar-refractivity contribution in [1.29, 1.82) is 0 Å². The third-order valence-corrected chi connectivity index (χ3v) is 2.33. The van der Waals surface area contributed by atoms with Gasteiger partial charge in [0.25, 0.3) is 0 Å². The van der Waals surface area contributed by atoms with Crippen LogP contribution in [0.15, 0.2) is 42.6 Å². The van der Waals surface area contributed by atoms with E-state index in [-0.39, 0.29) is 11.3 Å². The molecule has 0 saturated heterocycles. The Labute approximate surface area is 102 Å². The Balaban J connectivity index is 1.97. The summed E-state index contributed by atoms with van der Waals surface area (Å²) in [5, 5.41) is 0. The molecule has 0 unspecified atom stereocenters. The second-order valence-electron chi connectivity index (χ2n) is 3.56. The average Bonchev–Trinajstić information content (AvgIpc) is 2.90. The van der Waals surface area contributed by atoms with Crippen molar-refractivity contribution in [2.45, 2.75) is 0 Å². The number of rotatable bonds is 4. The van der Waals surface area contributed by atoms with Gasteiger partial charge in [0.2, 0.25) is 5.78 Å². The Hall–Kier alpha value is -2.43. The number of benzene rings is 1. The molecule has 2 rings (SSSR count). The van der Waals surface area contributed by atoms with Gasteiger partial charge in [-0.05, 0) is 24.3 Å². The third kappa shape index (κ3) is 2.63. The first kappa shape index (κ1) is 12.0. The first-order chi connectivity index (χ1) is 8.68. The molecule has 0 spiro atoms. The van der Waals surface area contributed by atoms with E-state index in [4.69, 9.17) is 4.74 Å². The van der Waals surface area contributed by atoms with Crippen molar-refractivity contribution in [3.8, 4) is 0 Å². The van der Waals surface area contributed by atoms with E-state index in [0.29, 0.717) is 0 Å². The summed E-state index contributed by atoms with van der Waals surface area (Å²) in [6.07, 6.45) is 1.56. The van der Waals surface area contributed by atoms with Gasteiger partial charge in [-0.1, -0.05) is 12.1 Å². The summed E-state index contributed by atoms with van der Waals surface area (Å²) in [6.45, 7) is -0.487. The molecule has 1 aromatic carbocycles. The average molecular weight is 247 g/mol. The van der Waals surface area contributed by atoms with Gasteiger partial charge in [-0.2, -0.15) is 0 Å². The molecule has 0 saturated carbocycles. The van der Waals surface area contributed by atoms with E-state index in [1.807, 2.05) is 0 Å². The third-order valence-electron chi connectivity index (χ3n) is 2.33. The molecule has 0 aliphatic rings. The fraction of sp³-hybridized carbons (Fsp3) is 0.0769. The number of halogens is 1. The molecule has 0 radical (unpaired) electrons. The lowest BCUT2D eigenvalue weighted by molar-refractivity contribution is 0.0468. The lowest BCUT2D eigenvalue weighted by Gasteiger charge is -2.03. The van der Waals surface area contributed by atoms with Crippen LogP contribution in [0.2, 0.25) is 0 Å². The van der Waals surface area contributed by atoms with Gasteiger partial charge in [-0.25, -0.2) is 9.18 Å². The van der Waals surface area contributed by atoms with Crippen molar-refractivity contribution in [3.63, 3.8) is 0 Å². The highest BCUT2D eigenvalue weighted by Gasteiger charge is 2.14. The molecule has 92 valence electrons. The second-order valence-corrected chi connectivity index (χ2v) is 3.56. The van der Waals surface area contributed by atoms with E-state index in [0.717, 1.165) is 0 Å². The molecule has 1 heterocycles. The largest absolute Gasteiger partial charge is 0.453 e. The van der Waals surface area contributed by atoms with Gasteiger partial charge in [0, 0.05) is 6.20 Å². The van der Waals surface area contributed by atoms with Gasteiger partial charge in [0.05, 0.1) is 5.56 Å². The second kappa shape index (κ2) is 5.27. The SMILES string of the molecule is O=C(OCC(=O)c1ccccc1F)c1ccc[nH]1. The predicted octanol–water partition coefficient (Wildman–Crippen LogP) is 2.19. The van der Waals surface area contributed by atoms with Crippen LogP contribution in [0, 0.1) is 5.82 Å². The first-order valence-electron chi connectivity index (χ1n) is 5.26. The van der Waals surface area contributed by atoms with Gasteiger partial charge >= 0.3 is 5.97 Å². The number of aromatic nitrogens is 1. The van der Waals surface area contributed by atoms with Crippen LogP contribution in [0.3, 0.4) is 0 Å². The lowest BCUT2D eigenvalue weighted by atomic mass is 10.1. The fourth-order valence-electron chi connectivity index (χ4n) is 1.43. The van der Waals surface area contributed by atoms with Gasteiger partial charge in [0.1, 0.15) is 11.5 Å². The topological polar surface area (TPSA) is 59.2 Å². The smallest absolute Gasteiger partial charge is 0.355 e. The lowest BCUT2D eigenvalue weighted by Crippen LogP contribution is -2.15. The van der Waals surface area contributed by atoms with Crippen molar-refractivity contribution in [1.82, 2.24) is 4.98 Å². The summed E-state index contributed by atoms with van der Waals surface area (Å²) in [4.78, 5) is 25.7. The maximum absolute atomic E-state index is 13.3. The summed E-state index contributed by atoms with van der Waals surface area (Å²) in [5.74, 6) is -1.85. The van der Waals surface area contributed by atoms with E-state index in [1.54, 1.807) is 18.3 Å². The van der Waals surface area contributed by atoms with Gasteiger partial charge < -0.3 is 9.72 Å². The van der Waals surface area contributed by atoms with E-state index >= 15 is 0 Å². The molecule has 5 heteroatoms. The minimum Gasteiger partial charge on any atom is -0.453 e. The van der Waals surface area contributed by atoms with Crippen LogP contribution in [0.4, 0.5) is 4.39 Å². The molecular formula is C13H10FNO3. The van der Waals surface area contributed by atoms with Crippen LogP contribution in [0.5, 0.6) is 0 Å². The molecule has 1 aromatic heterocycles. The van der Waals surface area contributed by atoms with Crippen LogP contribution in [-0.4, -0.2) is 23.3 Å². The van der Waals surface area contributed by atoms with Crippen molar-refractivity contribution in [2.24, 2.45) is 0 Å². The van der Waals surface area contributed by atoms with Gasteiger partial charge in [-0.15, -0.1) is 0 Å². The van der Waals surface area contributed by atoms with E-state index in [9.17, 15) is 14.0 Å². The molecular weight excluding hydrogens is 237 g/mol. The summed E-state index contributed by atoms with van der Waals surface area (Å²) >= 11 is 0. The van der Waals surface area contributed by atoms with E-state index < -0.39 is 24.2 Å². The molecule has 0 atom stereocenters. The number of carbonyl (C=O) groups is 2. The van der Waals surface area contributed by atoms with Crippen LogP contribution >= 0.6 is 0 Å². The zero-order valence-corrected chi connectivity index (χ0v) is 9.35. The number of hydrogen-bond acceptors (Lipinski definition) is 3. The first-order valence-corrected chi connectivity index (χ1v) is 5.26. The Bertz CT molecular complexity index is 563. The monoisotopic (exact) mass is 247 g/mol. The summed E-state index contributed by atoms with van der Waals surface area (Å²) in [7, 11) is 0. The normalized spacial score (nSPS) is 10.1. The Morgan fingerprint density at radius 2 is 1.94 bits per heavy atom. The minimum absolute atomic E-state index is 0.0863. The number of H-pyrrole nitrogens is 1. The molecule has 2 aromatic rings. The van der Waals surface area contributed by atoms with Gasteiger partial charge in [0.15, 0.2) is 6.61 Å². The minimum atomic E-state index is -0.648. The molecule has 18 heavy (non-hydrogen) atoms. The van der Waals surface area contributed by atoms with E-state index in [1.165, 1.54) is 24.3 Å². The van der Waals surface area contributed by atoms with Crippen LogP contribution in [0.1, 0.15) is 20.8 Å². The maximum atomic E-state index is 13.3. The standard InChI is InChI=1S/C13H10FNO3/c14-10-5-2-1-4-9(10)12(16)8-18-13(17)11-6-3-7-15-11/h1-7,15H,8H2. The number of ketones is 1. The van der Waals surface area contributed by atoms with Crippen molar-refractivity contribution >= 4 is 11.8 Å². The fourth-order valence-corrected chi connectivity index (χ4v) is 1.43. The number of ether oxygens (including phenoxy) is 1. The Morgan fingerprint density at radius 1 is 1.17 bits per heavy atom.